The fraction of sp³-hybridized carbons (Fsp3) is 0.630. The standard InChI is InChI=1S/C27H38N4O3/c1-27(2,3)17-20(32)18-31(4)26-21-8-7-9-22(21)29-25(30-26)23-16-19(11-13-28-23)12-15-34-24-10-5-6-14-33-24/h11,13,16,24H,5-10,12,14-15,17-18H2,1-4H3. The molecule has 0 aromatic carbocycles. The van der Waals surface area contributed by atoms with Gasteiger partial charge in [0.15, 0.2) is 17.9 Å². The van der Waals surface area contributed by atoms with Crippen LogP contribution in [0, 0.1) is 5.41 Å². The first-order valence-corrected chi connectivity index (χ1v) is 12.6. The number of carbonyl (C=O) groups is 1. The van der Waals surface area contributed by atoms with E-state index in [1.165, 1.54) is 12.0 Å². The Morgan fingerprint density at radius 2 is 2.06 bits per heavy atom. The molecule has 0 N–H and O–H groups in total. The van der Waals surface area contributed by atoms with Gasteiger partial charge in [-0.2, -0.15) is 0 Å². The predicted molar refractivity (Wildman–Crippen MR) is 133 cm³/mol. The minimum absolute atomic E-state index is 0.0200. The molecule has 2 aliphatic rings. The van der Waals surface area contributed by atoms with Gasteiger partial charge < -0.3 is 14.4 Å². The molecule has 7 heteroatoms. The van der Waals surface area contributed by atoms with Crippen molar-refractivity contribution in [3.63, 3.8) is 0 Å². The van der Waals surface area contributed by atoms with Crippen molar-refractivity contribution in [2.24, 2.45) is 5.41 Å². The number of rotatable bonds is 9. The van der Waals surface area contributed by atoms with Crippen LogP contribution in [0.1, 0.15) is 69.7 Å². The lowest BCUT2D eigenvalue weighted by Crippen LogP contribution is -2.30. The summed E-state index contributed by atoms with van der Waals surface area (Å²) in [6.45, 7) is 8.04. The number of carbonyl (C=O) groups excluding carboxylic acids is 1. The lowest BCUT2D eigenvalue weighted by molar-refractivity contribution is -0.161. The number of ketones is 1. The van der Waals surface area contributed by atoms with E-state index in [9.17, 15) is 4.79 Å². The van der Waals surface area contributed by atoms with Crippen molar-refractivity contribution in [2.45, 2.75) is 78.4 Å². The Morgan fingerprint density at radius 3 is 2.82 bits per heavy atom. The zero-order valence-corrected chi connectivity index (χ0v) is 21.1. The quantitative estimate of drug-likeness (QED) is 0.536. The first-order chi connectivity index (χ1) is 16.3. The van der Waals surface area contributed by atoms with Gasteiger partial charge in [-0.15, -0.1) is 0 Å². The summed E-state index contributed by atoms with van der Waals surface area (Å²) in [4.78, 5) is 29.0. The number of pyridine rings is 1. The Labute approximate surface area is 203 Å². The maximum atomic E-state index is 12.6. The van der Waals surface area contributed by atoms with Crippen molar-refractivity contribution in [2.75, 3.05) is 31.7 Å². The molecule has 0 amide bonds. The summed E-state index contributed by atoms with van der Waals surface area (Å²) in [5, 5.41) is 0. The van der Waals surface area contributed by atoms with Crippen LogP contribution in [-0.2, 0) is 33.5 Å². The van der Waals surface area contributed by atoms with E-state index in [-0.39, 0.29) is 17.5 Å². The third-order valence-electron chi connectivity index (χ3n) is 6.30. The number of aryl methyl sites for hydroxylation is 1. The zero-order chi connectivity index (χ0) is 24.1. The van der Waals surface area contributed by atoms with Crippen LogP contribution in [0.5, 0.6) is 0 Å². The molecule has 4 rings (SSSR count). The van der Waals surface area contributed by atoms with Gasteiger partial charge >= 0.3 is 0 Å². The van der Waals surface area contributed by atoms with Gasteiger partial charge in [-0.25, -0.2) is 9.97 Å². The second kappa shape index (κ2) is 10.9. The van der Waals surface area contributed by atoms with Crippen LogP contribution in [0.4, 0.5) is 5.82 Å². The number of hydrogen-bond acceptors (Lipinski definition) is 7. The summed E-state index contributed by atoms with van der Waals surface area (Å²) in [5.74, 6) is 1.72. The Kier molecular flexibility index (Phi) is 7.94. The second-order valence-electron chi connectivity index (χ2n) is 10.7. The number of likely N-dealkylation sites (N-methyl/N-ethyl adjacent to an activating group) is 1. The number of aromatic nitrogens is 3. The minimum atomic E-state index is -0.0748. The van der Waals surface area contributed by atoms with Crippen LogP contribution in [0.3, 0.4) is 0 Å². The van der Waals surface area contributed by atoms with Crippen LogP contribution >= 0.6 is 0 Å². The summed E-state index contributed by atoms with van der Waals surface area (Å²) in [5.41, 5.74) is 4.14. The molecule has 2 aromatic heterocycles. The van der Waals surface area contributed by atoms with E-state index < -0.39 is 0 Å². The lowest BCUT2D eigenvalue weighted by atomic mass is 9.90. The SMILES string of the molecule is CN(CC(=O)CC(C)(C)C)c1nc(-c2cc(CCOC3CCCCO3)ccn2)nc2c1CCC2. The number of nitrogens with zero attached hydrogens (tertiary/aromatic N) is 4. The fourth-order valence-electron chi connectivity index (χ4n) is 4.73. The van der Waals surface area contributed by atoms with E-state index in [1.807, 2.05) is 24.2 Å². The summed E-state index contributed by atoms with van der Waals surface area (Å²) in [7, 11) is 1.96. The molecular formula is C27H38N4O3. The molecule has 0 saturated carbocycles. The Morgan fingerprint density at radius 1 is 1.21 bits per heavy atom. The maximum absolute atomic E-state index is 12.6. The molecule has 1 unspecified atom stereocenters. The Hall–Kier alpha value is -2.38. The largest absolute Gasteiger partial charge is 0.353 e. The monoisotopic (exact) mass is 466 g/mol. The second-order valence-corrected chi connectivity index (χ2v) is 10.7. The molecule has 1 aliphatic heterocycles. The minimum Gasteiger partial charge on any atom is -0.353 e. The van der Waals surface area contributed by atoms with Crippen molar-refractivity contribution in [1.29, 1.82) is 0 Å². The molecule has 7 nitrogen and oxygen atoms in total. The van der Waals surface area contributed by atoms with Gasteiger partial charge in [-0.3, -0.25) is 9.78 Å². The van der Waals surface area contributed by atoms with E-state index in [4.69, 9.17) is 19.4 Å². The average Bonchev–Trinajstić information content (AvgIpc) is 3.27. The van der Waals surface area contributed by atoms with Crippen molar-refractivity contribution < 1.29 is 14.3 Å². The Balaban J connectivity index is 1.48. The highest BCUT2D eigenvalue weighted by molar-refractivity contribution is 5.84. The van der Waals surface area contributed by atoms with E-state index >= 15 is 0 Å². The zero-order valence-electron chi connectivity index (χ0n) is 21.1. The van der Waals surface area contributed by atoms with Gasteiger partial charge in [-0.1, -0.05) is 20.8 Å². The first kappa shape index (κ1) is 24.7. The number of hydrogen-bond donors (Lipinski definition) is 0. The van der Waals surface area contributed by atoms with Crippen molar-refractivity contribution in [1.82, 2.24) is 15.0 Å². The molecule has 184 valence electrons. The van der Waals surface area contributed by atoms with Gasteiger partial charge in [0, 0.05) is 37.5 Å². The number of ether oxygens (including phenoxy) is 2. The normalized spacial score (nSPS) is 18.1. The van der Waals surface area contributed by atoms with Gasteiger partial charge in [-0.05, 0) is 68.1 Å². The summed E-state index contributed by atoms with van der Waals surface area (Å²) >= 11 is 0. The first-order valence-electron chi connectivity index (χ1n) is 12.6. The van der Waals surface area contributed by atoms with Crippen LogP contribution in [0.15, 0.2) is 18.3 Å². The molecular weight excluding hydrogens is 428 g/mol. The highest BCUT2D eigenvalue weighted by atomic mass is 16.7. The molecule has 0 spiro atoms. The molecule has 34 heavy (non-hydrogen) atoms. The highest BCUT2D eigenvalue weighted by Gasteiger charge is 2.24. The number of anilines is 1. The summed E-state index contributed by atoms with van der Waals surface area (Å²) < 4.78 is 11.6. The number of fused-ring (bicyclic) bond motifs is 1. The highest BCUT2D eigenvalue weighted by Crippen LogP contribution is 2.31. The third kappa shape index (κ3) is 6.60. The maximum Gasteiger partial charge on any atom is 0.180 e. The Bertz CT molecular complexity index is 996. The molecule has 2 aromatic rings. The van der Waals surface area contributed by atoms with Gasteiger partial charge in [0.05, 0.1) is 13.2 Å². The summed E-state index contributed by atoms with van der Waals surface area (Å²) in [6, 6.07) is 4.07. The molecule has 0 radical (unpaired) electrons. The molecule has 1 aliphatic carbocycles. The third-order valence-corrected chi connectivity index (χ3v) is 6.30. The predicted octanol–water partition coefficient (Wildman–Crippen LogP) is 4.55. The van der Waals surface area contributed by atoms with Gasteiger partial charge in [0.25, 0.3) is 0 Å². The van der Waals surface area contributed by atoms with Crippen molar-refractivity contribution in [3.8, 4) is 11.5 Å². The van der Waals surface area contributed by atoms with Gasteiger partial charge in [0.1, 0.15) is 11.5 Å². The van der Waals surface area contributed by atoms with Crippen LogP contribution < -0.4 is 4.90 Å². The molecule has 0 bridgehead atoms. The van der Waals surface area contributed by atoms with E-state index in [1.54, 1.807) is 0 Å². The molecule has 1 fully saturated rings. The van der Waals surface area contributed by atoms with Crippen molar-refractivity contribution in [3.05, 3.63) is 35.2 Å². The fourth-order valence-corrected chi connectivity index (χ4v) is 4.73. The summed E-state index contributed by atoms with van der Waals surface area (Å²) in [6.07, 6.45) is 9.30. The van der Waals surface area contributed by atoms with Crippen LogP contribution in [-0.4, -0.2) is 53.8 Å². The van der Waals surface area contributed by atoms with Crippen LogP contribution in [0.2, 0.25) is 0 Å². The molecule has 3 heterocycles. The van der Waals surface area contributed by atoms with E-state index in [0.717, 1.165) is 67.9 Å². The van der Waals surface area contributed by atoms with Crippen molar-refractivity contribution >= 4 is 11.6 Å². The lowest BCUT2D eigenvalue weighted by Gasteiger charge is -2.23. The molecule has 1 saturated heterocycles. The van der Waals surface area contributed by atoms with Crippen LogP contribution in [0.25, 0.3) is 11.5 Å². The number of Topliss-reactive ketones (excluding diaryl/α,β-unsaturated/α-hetero) is 1. The topological polar surface area (TPSA) is 77.4 Å². The van der Waals surface area contributed by atoms with E-state index in [0.29, 0.717) is 25.4 Å². The van der Waals surface area contributed by atoms with Gasteiger partial charge in [0.2, 0.25) is 0 Å². The molecule has 1 atom stereocenters. The smallest absolute Gasteiger partial charge is 0.180 e. The van der Waals surface area contributed by atoms with E-state index in [2.05, 4.69) is 31.8 Å². The average molecular weight is 467 g/mol.